The van der Waals surface area contributed by atoms with Crippen molar-refractivity contribution in [2.24, 2.45) is 0 Å². The van der Waals surface area contributed by atoms with Crippen LogP contribution in [0.15, 0.2) is 53.9 Å². The van der Waals surface area contributed by atoms with Crippen molar-refractivity contribution in [2.45, 2.75) is 19.4 Å². The molecule has 0 radical (unpaired) electrons. The molecule has 0 bridgehead atoms. The summed E-state index contributed by atoms with van der Waals surface area (Å²) in [7, 11) is 0. The first kappa shape index (κ1) is 11.4. The summed E-state index contributed by atoms with van der Waals surface area (Å²) in [6.07, 6.45) is 4.89. The number of ether oxygens (including phenoxy) is 1. The topological polar surface area (TPSA) is 52.4 Å². The second-order valence-corrected chi connectivity index (χ2v) is 3.77. The Hall–Kier alpha value is -2.10. The number of hydrogen-bond donors (Lipinski definition) is 0. The molecule has 0 spiro atoms. The monoisotopic (exact) mass is 231 g/mol. The van der Waals surface area contributed by atoms with Crippen LogP contribution >= 0.6 is 0 Å². The van der Waals surface area contributed by atoms with Crippen molar-refractivity contribution in [1.29, 1.82) is 0 Å². The Bertz CT molecular complexity index is 463. The Morgan fingerprint density at radius 1 is 1.18 bits per heavy atom. The van der Waals surface area contributed by atoms with Crippen LogP contribution in [0, 0.1) is 10.1 Å². The minimum Gasteiger partial charge on any atom is -0.482 e. The van der Waals surface area contributed by atoms with Gasteiger partial charge in [0.1, 0.15) is 6.61 Å². The zero-order valence-electron chi connectivity index (χ0n) is 9.33. The van der Waals surface area contributed by atoms with Crippen molar-refractivity contribution in [2.75, 3.05) is 0 Å². The molecule has 1 aliphatic carbocycles. The van der Waals surface area contributed by atoms with Crippen LogP contribution in [0.3, 0.4) is 0 Å². The molecule has 0 fully saturated rings. The van der Waals surface area contributed by atoms with E-state index in [0.717, 1.165) is 12.0 Å². The molecule has 0 atom stereocenters. The van der Waals surface area contributed by atoms with Gasteiger partial charge >= 0.3 is 5.70 Å². The van der Waals surface area contributed by atoms with Gasteiger partial charge in [0, 0.05) is 0 Å². The standard InChI is InChI=1S/C13H13NO3/c15-14(16)12-8-4-5-9-13(12)17-10-11-6-2-1-3-7-11/h1-3,6-9H,4-5,10H2. The van der Waals surface area contributed by atoms with Crippen molar-refractivity contribution < 1.29 is 9.66 Å². The van der Waals surface area contributed by atoms with Crippen molar-refractivity contribution >= 4 is 0 Å². The van der Waals surface area contributed by atoms with Gasteiger partial charge in [-0.3, -0.25) is 10.1 Å². The molecule has 4 heteroatoms. The highest BCUT2D eigenvalue weighted by Gasteiger charge is 2.21. The molecule has 4 nitrogen and oxygen atoms in total. The van der Waals surface area contributed by atoms with Crippen LogP contribution < -0.4 is 0 Å². The van der Waals surface area contributed by atoms with Crippen molar-refractivity contribution in [3.63, 3.8) is 0 Å². The molecule has 0 aromatic heterocycles. The summed E-state index contributed by atoms with van der Waals surface area (Å²) in [4.78, 5) is 10.4. The fraction of sp³-hybridized carbons (Fsp3) is 0.231. The van der Waals surface area contributed by atoms with Gasteiger partial charge in [0.05, 0.1) is 4.92 Å². The zero-order chi connectivity index (χ0) is 12.1. The van der Waals surface area contributed by atoms with Crippen LogP contribution in [-0.4, -0.2) is 4.92 Å². The molecule has 0 aliphatic heterocycles. The molecule has 2 rings (SSSR count). The van der Waals surface area contributed by atoms with Gasteiger partial charge in [-0.25, -0.2) is 0 Å². The lowest BCUT2D eigenvalue weighted by Gasteiger charge is -2.11. The predicted molar refractivity (Wildman–Crippen MR) is 63.6 cm³/mol. The maximum Gasteiger partial charge on any atom is 0.306 e. The number of benzene rings is 1. The molecule has 0 saturated carbocycles. The third-order valence-electron chi connectivity index (χ3n) is 2.52. The highest BCUT2D eigenvalue weighted by Crippen LogP contribution is 2.21. The minimum atomic E-state index is -0.393. The fourth-order valence-corrected chi connectivity index (χ4v) is 1.67. The molecule has 1 aliphatic rings. The van der Waals surface area contributed by atoms with Gasteiger partial charge in [0.2, 0.25) is 0 Å². The summed E-state index contributed by atoms with van der Waals surface area (Å²) >= 11 is 0. The lowest BCUT2D eigenvalue weighted by atomic mass is 10.1. The molecule has 17 heavy (non-hydrogen) atoms. The number of nitro groups is 1. The molecule has 0 N–H and O–H groups in total. The van der Waals surface area contributed by atoms with Crippen LogP contribution in [0.4, 0.5) is 0 Å². The van der Waals surface area contributed by atoms with Gasteiger partial charge in [-0.15, -0.1) is 0 Å². The number of nitrogens with zero attached hydrogens (tertiary/aromatic N) is 1. The summed E-state index contributed by atoms with van der Waals surface area (Å²) in [6, 6.07) is 9.61. The highest BCUT2D eigenvalue weighted by molar-refractivity contribution is 5.23. The van der Waals surface area contributed by atoms with E-state index in [2.05, 4.69) is 0 Å². The third kappa shape index (κ3) is 2.93. The molecular weight excluding hydrogens is 218 g/mol. The van der Waals surface area contributed by atoms with Crippen LogP contribution in [0.25, 0.3) is 0 Å². The van der Waals surface area contributed by atoms with E-state index in [1.807, 2.05) is 30.3 Å². The summed E-state index contributed by atoms with van der Waals surface area (Å²) in [5.74, 6) is 0.380. The van der Waals surface area contributed by atoms with Crippen LogP contribution in [0.5, 0.6) is 0 Å². The van der Waals surface area contributed by atoms with Gasteiger partial charge in [0.25, 0.3) is 0 Å². The van der Waals surface area contributed by atoms with Crippen molar-refractivity contribution in [1.82, 2.24) is 0 Å². The number of allylic oxidation sites excluding steroid dienone is 2. The van der Waals surface area contributed by atoms with Gasteiger partial charge in [-0.05, 0) is 30.6 Å². The Kier molecular flexibility index (Phi) is 3.55. The second-order valence-electron chi connectivity index (χ2n) is 3.77. The van der Waals surface area contributed by atoms with Gasteiger partial charge < -0.3 is 4.74 Å². The van der Waals surface area contributed by atoms with E-state index in [9.17, 15) is 10.1 Å². The largest absolute Gasteiger partial charge is 0.482 e. The van der Waals surface area contributed by atoms with E-state index in [0.29, 0.717) is 18.8 Å². The Balaban J connectivity index is 2.01. The maximum absolute atomic E-state index is 10.8. The summed E-state index contributed by atoms with van der Waals surface area (Å²) in [6.45, 7) is 0.359. The van der Waals surface area contributed by atoms with Crippen LogP contribution in [0.1, 0.15) is 18.4 Å². The molecule has 1 aromatic carbocycles. The van der Waals surface area contributed by atoms with E-state index in [1.165, 1.54) is 0 Å². The average Bonchev–Trinajstić information content (AvgIpc) is 2.38. The van der Waals surface area contributed by atoms with Gasteiger partial charge in [-0.1, -0.05) is 30.3 Å². The lowest BCUT2D eigenvalue weighted by Crippen LogP contribution is -2.08. The number of rotatable bonds is 4. The second kappa shape index (κ2) is 5.30. The van der Waals surface area contributed by atoms with Crippen molar-refractivity contribution in [3.8, 4) is 0 Å². The van der Waals surface area contributed by atoms with Crippen LogP contribution in [0.2, 0.25) is 0 Å². The summed E-state index contributed by atoms with van der Waals surface area (Å²) in [5, 5.41) is 10.8. The zero-order valence-corrected chi connectivity index (χ0v) is 9.33. The number of hydrogen-bond acceptors (Lipinski definition) is 3. The molecule has 0 unspecified atom stereocenters. The first-order valence-corrected chi connectivity index (χ1v) is 5.49. The van der Waals surface area contributed by atoms with E-state index in [4.69, 9.17) is 4.74 Å². The summed E-state index contributed by atoms with van der Waals surface area (Å²) in [5.41, 5.74) is 1.08. The molecular formula is C13H13NO3. The first-order chi connectivity index (χ1) is 8.27. The Morgan fingerprint density at radius 3 is 2.59 bits per heavy atom. The smallest absolute Gasteiger partial charge is 0.306 e. The van der Waals surface area contributed by atoms with E-state index in [-0.39, 0.29) is 5.70 Å². The third-order valence-corrected chi connectivity index (χ3v) is 2.52. The molecule has 0 amide bonds. The van der Waals surface area contributed by atoms with E-state index in [1.54, 1.807) is 12.2 Å². The molecule has 1 aromatic rings. The quantitative estimate of drug-likeness (QED) is 0.591. The Labute approximate surface area is 99.4 Å². The first-order valence-electron chi connectivity index (χ1n) is 5.49. The molecule has 0 saturated heterocycles. The minimum absolute atomic E-state index is 0.0761. The predicted octanol–water partition coefficient (Wildman–Crippen LogP) is 3.04. The fourth-order valence-electron chi connectivity index (χ4n) is 1.67. The SMILES string of the molecule is O=[N+]([O-])C1=CCCC=C1OCc1ccccc1. The molecule has 0 heterocycles. The normalized spacial score (nSPS) is 14.8. The van der Waals surface area contributed by atoms with Crippen LogP contribution in [-0.2, 0) is 11.3 Å². The van der Waals surface area contributed by atoms with E-state index >= 15 is 0 Å². The average molecular weight is 231 g/mol. The Morgan fingerprint density at radius 2 is 1.88 bits per heavy atom. The highest BCUT2D eigenvalue weighted by atomic mass is 16.6. The lowest BCUT2D eigenvalue weighted by molar-refractivity contribution is -0.425. The van der Waals surface area contributed by atoms with E-state index < -0.39 is 4.92 Å². The van der Waals surface area contributed by atoms with Gasteiger partial charge in [0.15, 0.2) is 5.76 Å². The maximum atomic E-state index is 10.8. The van der Waals surface area contributed by atoms with Gasteiger partial charge in [-0.2, -0.15) is 0 Å². The molecule has 88 valence electrons. The summed E-state index contributed by atoms with van der Waals surface area (Å²) < 4.78 is 5.49. The van der Waals surface area contributed by atoms with Crippen molar-refractivity contribution in [3.05, 3.63) is 69.6 Å².